The molecule has 0 saturated heterocycles. The minimum Gasteiger partial charge on any atom is -0.288 e. The Bertz CT molecular complexity index is 310. The second kappa shape index (κ2) is 5.35. The number of alkyl halides is 1. The number of halogens is 1. The van der Waals surface area contributed by atoms with Crippen LogP contribution in [0, 0.1) is 11.8 Å². The van der Waals surface area contributed by atoms with Crippen LogP contribution in [0.5, 0.6) is 0 Å². The summed E-state index contributed by atoms with van der Waals surface area (Å²) in [6.07, 6.45) is 0.828. The molecule has 1 aromatic rings. The first-order chi connectivity index (χ1) is 7.02. The van der Waals surface area contributed by atoms with E-state index in [4.69, 9.17) is 0 Å². The van der Waals surface area contributed by atoms with Crippen LogP contribution in [0.15, 0.2) is 11.6 Å². The lowest BCUT2D eigenvalue weighted by Crippen LogP contribution is -2.24. The molecule has 15 heavy (non-hydrogen) atoms. The monoisotopic (exact) mass is 229 g/mol. The fourth-order valence-corrected chi connectivity index (χ4v) is 2.19. The van der Waals surface area contributed by atoms with Crippen LogP contribution in [0.1, 0.15) is 37.0 Å². The van der Waals surface area contributed by atoms with E-state index in [9.17, 15) is 9.18 Å². The summed E-state index contributed by atoms with van der Waals surface area (Å²) in [7, 11) is 0. The molecule has 0 bridgehead atoms. The van der Waals surface area contributed by atoms with Crippen molar-refractivity contribution in [3.63, 3.8) is 0 Å². The molecular formula is C11H16FNOS. The molecule has 1 aromatic heterocycles. The lowest BCUT2D eigenvalue weighted by Gasteiger charge is -2.16. The predicted molar refractivity (Wildman–Crippen MR) is 60.0 cm³/mol. The van der Waals surface area contributed by atoms with Gasteiger partial charge in [0.15, 0.2) is 11.2 Å². The average Bonchev–Trinajstić information content (AvgIpc) is 2.67. The number of thiazole rings is 1. The highest BCUT2D eigenvalue weighted by Gasteiger charge is 2.27. The van der Waals surface area contributed by atoms with Crippen LogP contribution in [0.3, 0.4) is 0 Å². The molecule has 0 aliphatic carbocycles. The van der Waals surface area contributed by atoms with Gasteiger partial charge in [0.2, 0.25) is 5.78 Å². The minimum absolute atomic E-state index is 0.235. The molecule has 0 saturated carbocycles. The Morgan fingerprint density at radius 1 is 1.53 bits per heavy atom. The SMILES string of the molecule is CC(C)CC(C)C(F)C(=O)c1nccs1. The van der Waals surface area contributed by atoms with E-state index < -0.39 is 12.0 Å². The van der Waals surface area contributed by atoms with Crippen molar-refractivity contribution in [2.24, 2.45) is 11.8 Å². The number of carbonyl (C=O) groups is 1. The zero-order chi connectivity index (χ0) is 11.4. The highest BCUT2D eigenvalue weighted by molar-refractivity contribution is 7.11. The van der Waals surface area contributed by atoms with Crippen molar-refractivity contribution in [3.8, 4) is 0 Å². The van der Waals surface area contributed by atoms with Crippen molar-refractivity contribution >= 4 is 17.1 Å². The van der Waals surface area contributed by atoms with E-state index in [1.807, 2.05) is 13.8 Å². The normalized spacial score (nSPS) is 15.3. The Kier molecular flexibility index (Phi) is 4.39. The summed E-state index contributed by atoms with van der Waals surface area (Å²) in [5.41, 5.74) is 0. The highest BCUT2D eigenvalue weighted by atomic mass is 32.1. The van der Waals surface area contributed by atoms with Crippen molar-refractivity contribution < 1.29 is 9.18 Å². The molecule has 0 spiro atoms. The molecule has 0 aliphatic rings. The number of rotatable bonds is 5. The number of hydrogen-bond donors (Lipinski definition) is 0. The van der Waals surface area contributed by atoms with E-state index in [0.717, 1.165) is 6.42 Å². The summed E-state index contributed by atoms with van der Waals surface area (Å²) in [5.74, 6) is -0.304. The molecule has 4 heteroatoms. The molecule has 1 heterocycles. The van der Waals surface area contributed by atoms with Gasteiger partial charge < -0.3 is 0 Å². The van der Waals surface area contributed by atoms with Gasteiger partial charge in [-0.2, -0.15) is 0 Å². The van der Waals surface area contributed by atoms with E-state index in [1.54, 1.807) is 12.3 Å². The Balaban J connectivity index is 2.60. The maximum atomic E-state index is 13.7. The highest BCUT2D eigenvalue weighted by Crippen LogP contribution is 2.21. The summed E-state index contributed by atoms with van der Waals surface area (Å²) >= 11 is 1.19. The maximum absolute atomic E-state index is 13.7. The fourth-order valence-electron chi connectivity index (χ4n) is 1.58. The fraction of sp³-hybridized carbons (Fsp3) is 0.636. The van der Waals surface area contributed by atoms with Gasteiger partial charge in [0.25, 0.3) is 0 Å². The summed E-state index contributed by atoms with van der Waals surface area (Å²) in [5, 5.41) is 1.96. The van der Waals surface area contributed by atoms with Gasteiger partial charge in [0.1, 0.15) is 0 Å². The first-order valence-electron chi connectivity index (χ1n) is 5.10. The number of carbonyl (C=O) groups excluding carboxylic acids is 1. The molecule has 0 fully saturated rings. The second-order valence-electron chi connectivity index (χ2n) is 4.21. The molecule has 0 N–H and O–H groups in total. The topological polar surface area (TPSA) is 30.0 Å². The molecule has 2 unspecified atom stereocenters. The van der Waals surface area contributed by atoms with Crippen molar-refractivity contribution in [2.75, 3.05) is 0 Å². The van der Waals surface area contributed by atoms with Gasteiger partial charge in [-0.3, -0.25) is 4.79 Å². The van der Waals surface area contributed by atoms with Crippen molar-refractivity contribution in [3.05, 3.63) is 16.6 Å². The van der Waals surface area contributed by atoms with E-state index in [1.165, 1.54) is 17.5 Å². The standard InChI is InChI=1S/C11H16FNOS/c1-7(2)6-8(3)9(12)10(14)11-13-4-5-15-11/h4-5,7-9H,6H2,1-3H3. The predicted octanol–water partition coefficient (Wildman–Crippen LogP) is 3.35. The molecule has 0 aromatic carbocycles. The third-order valence-corrected chi connectivity index (χ3v) is 3.02. The van der Waals surface area contributed by atoms with Crippen LogP contribution >= 0.6 is 11.3 Å². The Morgan fingerprint density at radius 2 is 2.20 bits per heavy atom. The van der Waals surface area contributed by atoms with Gasteiger partial charge in [0, 0.05) is 11.6 Å². The quantitative estimate of drug-likeness (QED) is 0.725. The number of Topliss-reactive ketones (excluding diaryl/α,β-unsaturated/α-hetero) is 1. The van der Waals surface area contributed by atoms with Crippen LogP contribution in [-0.4, -0.2) is 16.9 Å². The van der Waals surface area contributed by atoms with E-state index in [2.05, 4.69) is 4.98 Å². The van der Waals surface area contributed by atoms with Gasteiger partial charge in [0.05, 0.1) is 0 Å². The van der Waals surface area contributed by atoms with Gasteiger partial charge in [-0.25, -0.2) is 9.37 Å². The van der Waals surface area contributed by atoms with Crippen LogP contribution in [-0.2, 0) is 0 Å². The number of ketones is 1. The molecule has 0 aliphatic heterocycles. The summed E-state index contributed by atoms with van der Waals surface area (Å²) in [6.45, 7) is 5.82. The van der Waals surface area contributed by atoms with E-state index in [0.29, 0.717) is 5.92 Å². The summed E-state index contributed by atoms with van der Waals surface area (Å²) < 4.78 is 13.7. The third kappa shape index (κ3) is 3.38. The molecular weight excluding hydrogens is 213 g/mol. The molecule has 1 rings (SSSR count). The van der Waals surface area contributed by atoms with Gasteiger partial charge in [-0.05, 0) is 18.3 Å². The Hall–Kier alpha value is -0.770. The Labute approximate surface area is 93.5 Å². The number of nitrogens with zero attached hydrogens (tertiary/aromatic N) is 1. The van der Waals surface area contributed by atoms with Crippen molar-refractivity contribution in [2.45, 2.75) is 33.4 Å². The van der Waals surface area contributed by atoms with Crippen LogP contribution < -0.4 is 0 Å². The van der Waals surface area contributed by atoms with Crippen LogP contribution in [0.2, 0.25) is 0 Å². The zero-order valence-corrected chi connectivity index (χ0v) is 10.1. The number of aromatic nitrogens is 1. The first kappa shape index (κ1) is 12.3. The van der Waals surface area contributed by atoms with Crippen molar-refractivity contribution in [1.29, 1.82) is 0 Å². The van der Waals surface area contributed by atoms with Gasteiger partial charge in [-0.15, -0.1) is 11.3 Å². The van der Waals surface area contributed by atoms with Crippen LogP contribution in [0.25, 0.3) is 0 Å². The van der Waals surface area contributed by atoms with Crippen LogP contribution in [0.4, 0.5) is 4.39 Å². The molecule has 0 radical (unpaired) electrons. The molecule has 84 valence electrons. The molecule has 0 amide bonds. The smallest absolute Gasteiger partial charge is 0.225 e. The van der Waals surface area contributed by atoms with Crippen molar-refractivity contribution in [1.82, 2.24) is 4.98 Å². The van der Waals surface area contributed by atoms with E-state index in [-0.39, 0.29) is 10.9 Å². The lowest BCUT2D eigenvalue weighted by molar-refractivity contribution is 0.0804. The zero-order valence-electron chi connectivity index (χ0n) is 9.24. The number of hydrogen-bond acceptors (Lipinski definition) is 3. The maximum Gasteiger partial charge on any atom is 0.225 e. The first-order valence-corrected chi connectivity index (χ1v) is 5.98. The van der Waals surface area contributed by atoms with E-state index >= 15 is 0 Å². The summed E-state index contributed by atoms with van der Waals surface area (Å²) in [6, 6.07) is 0. The van der Waals surface area contributed by atoms with Gasteiger partial charge >= 0.3 is 0 Å². The largest absolute Gasteiger partial charge is 0.288 e. The lowest BCUT2D eigenvalue weighted by atomic mass is 9.93. The van der Waals surface area contributed by atoms with Gasteiger partial charge in [-0.1, -0.05) is 20.8 Å². The minimum atomic E-state index is -1.42. The second-order valence-corrected chi connectivity index (χ2v) is 5.10. The Morgan fingerprint density at radius 3 is 2.67 bits per heavy atom. The summed E-state index contributed by atoms with van der Waals surface area (Å²) in [4.78, 5) is 15.4. The molecule has 2 atom stereocenters. The third-order valence-electron chi connectivity index (χ3n) is 2.24. The molecule has 2 nitrogen and oxygen atoms in total. The average molecular weight is 229 g/mol.